The van der Waals surface area contributed by atoms with Crippen LogP contribution in [0.4, 0.5) is 0 Å². The van der Waals surface area contributed by atoms with E-state index in [0.29, 0.717) is 0 Å². The van der Waals surface area contributed by atoms with Gasteiger partial charge in [0.2, 0.25) is 10.0 Å². The molecular weight excluding hydrogens is 344 g/mol. The summed E-state index contributed by atoms with van der Waals surface area (Å²) in [6, 6.07) is 6.70. The quantitative estimate of drug-likeness (QED) is 0.725. The van der Waals surface area contributed by atoms with Crippen LogP contribution in [0.5, 0.6) is 0 Å². The molecule has 0 saturated carbocycles. The summed E-state index contributed by atoms with van der Waals surface area (Å²) >= 11 is 0. The first-order chi connectivity index (χ1) is 11.7. The lowest BCUT2D eigenvalue weighted by atomic mass is 10.2. The number of aryl methyl sites for hydroxylation is 1. The van der Waals surface area contributed by atoms with Gasteiger partial charge in [0.1, 0.15) is 0 Å². The Bertz CT molecular complexity index is 720. The van der Waals surface area contributed by atoms with Gasteiger partial charge in [-0.25, -0.2) is 8.42 Å². The molecule has 1 aliphatic heterocycles. The Kier molecular flexibility index (Phi) is 6.18. The molecule has 8 heteroatoms. The van der Waals surface area contributed by atoms with Gasteiger partial charge in [-0.15, -0.1) is 0 Å². The molecule has 0 N–H and O–H groups in total. The number of ether oxygens (including phenoxy) is 1. The fourth-order valence-electron chi connectivity index (χ4n) is 2.43. The number of hydrogen-bond acceptors (Lipinski definition) is 5. The van der Waals surface area contributed by atoms with Crippen LogP contribution in [0.2, 0.25) is 0 Å². The molecule has 0 spiro atoms. The third-order valence-electron chi connectivity index (χ3n) is 4.06. The van der Waals surface area contributed by atoms with Gasteiger partial charge in [-0.1, -0.05) is 31.5 Å². The molecule has 1 heterocycles. The predicted molar refractivity (Wildman–Crippen MR) is 92.3 cm³/mol. The fraction of sp³-hybridized carbons (Fsp3) is 0.529. The number of amides is 1. The molecule has 1 amide bonds. The number of piperazine rings is 1. The predicted octanol–water partition coefficient (Wildman–Crippen LogP) is 1.03. The number of carbonyl (C=O) groups is 2. The van der Waals surface area contributed by atoms with Crippen molar-refractivity contribution in [3.05, 3.63) is 29.8 Å². The minimum absolute atomic E-state index is 0.222. The maximum Gasteiger partial charge on any atom is 0.308 e. The van der Waals surface area contributed by atoms with E-state index in [1.54, 1.807) is 38.1 Å². The van der Waals surface area contributed by atoms with Crippen LogP contribution >= 0.6 is 0 Å². The van der Waals surface area contributed by atoms with Crippen molar-refractivity contribution in [3.63, 3.8) is 0 Å². The van der Waals surface area contributed by atoms with Gasteiger partial charge >= 0.3 is 5.97 Å². The van der Waals surface area contributed by atoms with Crippen molar-refractivity contribution in [2.45, 2.75) is 25.7 Å². The zero-order chi connectivity index (χ0) is 18.6. The lowest BCUT2D eigenvalue weighted by Crippen LogP contribution is -2.51. The van der Waals surface area contributed by atoms with Crippen molar-refractivity contribution < 1.29 is 22.7 Å². The third-order valence-corrected chi connectivity index (χ3v) is 5.97. The highest BCUT2D eigenvalue weighted by Crippen LogP contribution is 2.18. The van der Waals surface area contributed by atoms with Gasteiger partial charge in [-0.05, 0) is 19.1 Å². The van der Waals surface area contributed by atoms with E-state index in [1.807, 2.05) is 6.92 Å². The molecule has 1 fully saturated rings. The molecule has 1 saturated heterocycles. The van der Waals surface area contributed by atoms with Crippen LogP contribution in [0.15, 0.2) is 29.2 Å². The van der Waals surface area contributed by atoms with Gasteiger partial charge in [0, 0.05) is 26.2 Å². The van der Waals surface area contributed by atoms with Crippen molar-refractivity contribution in [2.75, 3.05) is 32.8 Å². The first kappa shape index (κ1) is 19.4. The van der Waals surface area contributed by atoms with Crippen molar-refractivity contribution >= 4 is 21.9 Å². The smallest absolute Gasteiger partial charge is 0.308 e. The van der Waals surface area contributed by atoms with Crippen molar-refractivity contribution in [3.8, 4) is 0 Å². The number of sulfonamides is 1. The molecule has 0 atom stereocenters. The zero-order valence-corrected chi connectivity index (χ0v) is 15.6. The summed E-state index contributed by atoms with van der Waals surface area (Å²) in [4.78, 5) is 25.3. The Labute approximate surface area is 148 Å². The van der Waals surface area contributed by atoms with Crippen LogP contribution in [-0.2, 0) is 24.3 Å². The number of nitrogens with zero attached hydrogens (tertiary/aromatic N) is 2. The van der Waals surface area contributed by atoms with Crippen molar-refractivity contribution in [1.82, 2.24) is 9.21 Å². The summed E-state index contributed by atoms with van der Waals surface area (Å²) in [5, 5.41) is 0. The zero-order valence-electron chi connectivity index (χ0n) is 14.8. The van der Waals surface area contributed by atoms with E-state index < -0.39 is 16.0 Å². The second kappa shape index (κ2) is 7.97. The number of rotatable bonds is 5. The molecule has 2 rings (SSSR count). The largest absolute Gasteiger partial charge is 0.455 e. The standard InChI is InChI=1S/C17H24N2O5S/c1-13(2)17(21)24-12-16(20)18-8-10-19(11-9-18)25(22,23)15-6-4-14(3)5-7-15/h4-7,13H,8-12H2,1-3H3. The first-order valence-electron chi connectivity index (χ1n) is 8.23. The Balaban J connectivity index is 1.91. The molecule has 0 unspecified atom stereocenters. The molecule has 25 heavy (non-hydrogen) atoms. The Morgan fingerprint density at radius 3 is 2.16 bits per heavy atom. The molecule has 1 aromatic rings. The van der Waals surface area contributed by atoms with Crippen LogP contribution in [0.25, 0.3) is 0 Å². The highest BCUT2D eigenvalue weighted by Gasteiger charge is 2.30. The highest BCUT2D eigenvalue weighted by atomic mass is 32.2. The van der Waals surface area contributed by atoms with E-state index in [4.69, 9.17) is 4.74 Å². The maximum atomic E-state index is 12.6. The van der Waals surface area contributed by atoms with E-state index in [-0.39, 0.29) is 49.5 Å². The Hall–Kier alpha value is -1.93. The SMILES string of the molecule is Cc1ccc(S(=O)(=O)N2CCN(C(=O)COC(=O)C(C)C)CC2)cc1. The molecule has 0 bridgehead atoms. The Morgan fingerprint density at radius 1 is 1.08 bits per heavy atom. The lowest BCUT2D eigenvalue weighted by Gasteiger charge is -2.33. The van der Waals surface area contributed by atoms with Crippen molar-refractivity contribution in [1.29, 1.82) is 0 Å². The molecule has 0 aliphatic carbocycles. The van der Waals surface area contributed by atoms with Crippen LogP contribution in [0.3, 0.4) is 0 Å². The van der Waals surface area contributed by atoms with E-state index in [0.717, 1.165) is 5.56 Å². The number of carbonyl (C=O) groups excluding carboxylic acids is 2. The average Bonchev–Trinajstić information content (AvgIpc) is 2.59. The second-order valence-corrected chi connectivity index (χ2v) is 8.30. The first-order valence-corrected chi connectivity index (χ1v) is 9.67. The Morgan fingerprint density at radius 2 is 1.64 bits per heavy atom. The normalized spacial score (nSPS) is 16.1. The molecule has 0 aromatic heterocycles. The summed E-state index contributed by atoms with van der Waals surface area (Å²) in [5.41, 5.74) is 0.991. The van der Waals surface area contributed by atoms with Gasteiger partial charge in [0.05, 0.1) is 10.8 Å². The summed E-state index contributed by atoms with van der Waals surface area (Å²) in [6.45, 7) is 5.99. The molecule has 7 nitrogen and oxygen atoms in total. The monoisotopic (exact) mass is 368 g/mol. The van der Waals surface area contributed by atoms with Crippen molar-refractivity contribution in [2.24, 2.45) is 5.92 Å². The summed E-state index contributed by atoms with van der Waals surface area (Å²) in [6.07, 6.45) is 0. The van der Waals surface area contributed by atoms with E-state index in [2.05, 4.69) is 0 Å². The van der Waals surface area contributed by atoms with E-state index >= 15 is 0 Å². The van der Waals surface area contributed by atoms with Crippen LogP contribution < -0.4 is 0 Å². The summed E-state index contributed by atoms with van der Waals surface area (Å²) in [5.74, 6) is -1.01. The van der Waals surface area contributed by atoms with E-state index in [9.17, 15) is 18.0 Å². The topological polar surface area (TPSA) is 84.0 Å². The highest BCUT2D eigenvalue weighted by molar-refractivity contribution is 7.89. The van der Waals surface area contributed by atoms with Crippen LogP contribution in [0, 0.1) is 12.8 Å². The van der Waals surface area contributed by atoms with Gasteiger partial charge in [0.15, 0.2) is 6.61 Å². The average molecular weight is 368 g/mol. The molecule has 138 valence electrons. The summed E-state index contributed by atoms with van der Waals surface area (Å²) < 4.78 is 31.5. The minimum atomic E-state index is -3.55. The lowest BCUT2D eigenvalue weighted by molar-refractivity contribution is -0.155. The van der Waals surface area contributed by atoms with Crippen LogP contribution in [-0.4, -0.2) is 62.3 Å². The van der Waals surface area contributed by atoms with Gasteiger partial charge in [-0.3, -0.25) is 9.59 Å². The molecule has 1 aliphatic rings. The minimum Gasteiger partial charge on any atom is -0.455 e. The maximum absolute atomic E-state index is 12.6. The van der Waals surface area contributed by atoms with Gasteiger partial charge in [0.25, 0.3) is 5.91 Å². The molecule has 0 radical (unpaired) electrons. The van der Waals surface area contributed by atoms with E-state index in [1.165, 1.54) is 9.21 Å². The molecule has 1 aromatic carbocycles. The third kappa shape index (κ3) is 4.79. The van der Waals surface area contributed by atoms with Gasteiger partial charge in [-0.2, -0.15) is 4.31 Å². The number of hydrogen-bond donors (Lipinski definition) is 0. The molecular formula is C17H24N2O5S. The summed E-state index contributed by atoms with van der Waals surface area (Å²) in [7, 11) is -3.55. The van der Waals surface area contributed by atoms with Crippen LogP contribution in [0.1, 0.15) is 19.4 Å². The number of esters is 1. The van der Waals surface area contributed by atoms with Gasteiger partial charge < -0.3 is 9.64 Å². The fourth-order valence-corrected chi connectivity index (χ4v) is 3.85. The number of benzene rings is 1. The second-order valence-electron chi connectivity index (χ2n) is 6.36.